The maximum Gasteiger partial charge on any atom is 0.191 e. The van der Waals surface area contributed by atoms with Crippen molar-refractivity contribution in [1.29, 1.82) is 0 Å². The Balaban J connectivity index is 1.55. The normalized spacial score (nSPS) is 26.0. The molecule has 0 aliphatic carbocycles. The van der Waals surface area contributed by atoms with E-state index in [9.17, 15) is 4.39 Å². The van der Waals surface area contributed by atoms with Crippen LogP contribution in [0.25, 0.3) is 0 Å². The maximum absolute atomic E-state index is 14.5. The van der Waals surface area contributed by atoms with Crippen molar-refractivity contribution in [3.05, 3.63) is 71.8 Å². The molecule has 2 aromatic rings. The first-order valence-electron chi connectivity index (χ1n) is 8.37. The van der Waals surface area contributed by atoms with E-state index in [0.717, 1.165) is 11.1 Å². The fraction of sp³-hybridized carbons (Fsp3) is 0.400. The second-order valence-corrected chi connectivity index (χ2v) is 5.98. The van der Waals surface area contributed by atoms with Crippen molar-refractivity contribution in [3.63, 3.8) is 0 Å². The molecule has 25 heavy (non-hydrogen) atoms. The smallest absolute Gasteiger partial charge is 0.191 e. The van der Waals surface area contributed by atoms with E-state index in [4.69, 9.17) is 18.9 Å². The number of benzene rings is 2. The van der Waals surface area contributed by atoms with Gasteiger partial charge in [-0.2, -0.15) is 0 Å². The summed E-state index contributed by atoms with van der Waals surface area (Å²) < 4.78 is 36.7. The molecule has 1 heterocycles. The van der Waals surface area contributed by atoms with Crippen molar-refractivity contribution in [2.75, 3.05) is 13.7 Å². The molecule has 1 fully saturated rings. The first kappa shape index (κ1) is 18.0. The molecular formula is C20H23FO4. The molecule has 3 rings (SSSR count). The van der Waals surface area contributed by atoms with Crippen molar-refractivity contribution >= 4 is 0 Å². The molecule has 4 nitrogen and oxygen atoms in total. The number of ether oxygens (including phenoxy) is 4. The highest BCUT2D eigenvalue weighted by Gasteiger charge is 2.46. The first-order chi connectivity index (χ1) is 12.3. The molecule has 0 amide bonds. The summed E-state index contributed by atoms with van der Waals surface area (Å²) in [5.41, 5.74) is 2.04. The van der Waals surface area contributed by atoms with Gasteiger partial charge in [0.2, 0.25) is 0 Å². The van der Waals surface area contributed by atoms with Crippen LogP contribution in [0.2, 0.25) is 0 Å². The van der Waals surface area contributed by atoms with Gasteiger partial charge in [-0.05, 0) is 11.1 Å². The van der Waals surface area contributed by atoms with E-state index in [2.05, 4.69) is 0 Å². The molecule has 1 aliphatic heterocycles. The van der Waals surface area contributed by atoms with Crippen LogP contribution in [0, 0.1) is 0 Å². The van der Waals surface area contributed by atoms with Crippen LogP contribution in [0.5, 0.6) is 0 Å². The summed E-state index contributed by atoms with van der Waals surface area (Å²) in [7, 11) is 1.43. The lowest BCUT2D eigenvalue weighted by Gasteiger charge is -2.20. The zero-order valence-corrected chi connectivity index (χ0v) is 14.2. The Bertz CT molecular complexity index is 622. The summed E-state index contributed by atoms with van der Waals surface area (Å²) in [5, 5.41) is 0. The van der Waals surface area contributed by atoms with Gasteiger partial charge in [-0.3, -0.25) is 0 Å². The van der Waals surface area contributed by atoms with Gasteiger partial charge in [0.05, 0.1) is 19.8 Å². The van der Waals surface area contributed by atoms with Crippen molar-refractivity contribution in [2.45, 2.75) is 37.9 Å². The van der Waals surface area contributed by atoms with E-state index < -0.39 is 24.7 Å². The average Bonchev–Trinajstić information content (AvgIpc) is 2.97. The zero-order chi connectivity index (χ0) is 17.5. The van der Waals surface area contributed by atoms with Crippen molar-refractivity contribution in [1.82, 2.24) is 0 Å². The second-order valence-electron chi connectivity index (χ2n) is 5.98. The number of hydrogen-bond donors (Lipinski definition) is 0. The summed E-state index contributed by atoms with van der Waals surface area (Å²) in [6.45, 7) is 1.01. The van der Waals surface area contributed by atoms with Gasteiger partial charge < -0.3 is 18.9 Å². The fourth-order valence-electron chi connectivity index (χ4n) is 2.84. The minimum Gasteiger partial charge on any atom is -0.374 e. The number of hydrogen-bond acceptors (Lipinski definition) is 4. The molecule has 0 aromatic heterocycles. The monoisotopic (exact) mass is 346 g/mol. The quantitative estimate of drug-likeness (QED) is 0.733. The Morgan fingerprint density at radius 3 is 2.12 bits per heavy atom. The van der Waals surface area contributed by atoms with Gasteiger partial charge in [0.25, 0.3) is 0 Å². The van der Waals surface area contributed by atoms with Gasteiger partial charge >= 0.3 is 0 Å². The van der Waals surface area contributed by atoms with Crippen LogP contribution < -0.4 is 0 Å². The molecule has 0 N–H and O–H groups in total. The van der Waals surface area contributed by atoms with E-state index in [1.165, 1.54) is 7.11 Å². The van der Waals surface area contributed by atoms with Crippen molar-refractivity contribution in [3.8, 4) is 0 Å². The highest BCUT2D eigenvalue weighted by atomic mass is 19.1. The van der Waals surface area contributed by atoms with E-state index in [1.54, 1.807) is 0 Å². The summed E-state index contributed by atoms with van der Waals surface area (Å²) >= 11 is 0. The lowest BCUT2D eigenvalue weighted by Crippen LogP contribution is -2.35. The third-order valence-corrected chi connectivity index (χ3v) is 4.16. The number of alkyl halides is 1. The molecule has 0 unspecified atom stereocenters. The van der Waals surface area contributed by atoms with Crippen molar-refractivity contribution in [2.24, 2.45) is 0 Å². The molecular weight excluding hydrogens is 323 g/mol. The van der Waals surface area contributed by atoms with Crippen LogP contribution in [0.3, 0.4) is 0 Å². The predicted octanol–water partition coefficient (Wildman–Crippen LogP) is 3.50. The Morgan fingerprint density at radius 1 is 0.920 bits per heavy atom. The van der Waals surface area contributed by atoms with Gasteiger partial charge in [-0.25, -0.2) is 4.39 Å². The Hall–Kier alpha value is -1.79. The summed E-state index contributed by atoms with van der Waals surface area (Å²) in [5.74, 6) is 0. The summed E-state index contributed by atoms with van der Waals surface area (Å²) in [6, 6.07) is 19.5. The van der Waals surface area contributed by atoms with Gasteiger partial charge in [-0.1, -0.05) is 60.7 Å². The van der Waals surface area contributed by atoms with Crippen LogP contribution in [0.4, 0.5) is 4.39 Å². The van der Waals surface area contributed by atoms with Gasteiger partial charge in [0, 0.05) is 7.11 Å². The molecule has 0 radical (unpaired) electrons. The molecule has 134 valence electrons. The van der Waals surface area contributed by atoms with Crippen LogP contribution in [-0.4, -0.2) is 38.4 Å². The van der Waals surface area contributed by atoms with Gasteiger partial charge in [-0.15, -0.1) is 0 Å². The molecule has 0 saturated carbocycles. The summed E-state index contributed by atoms with van der Waals surface area (Å²) in [4.78, 5) is 0. The standard InChI is InChI=1S/C20H23FO4/c1-22-20-18(21)19(24-13-16-10-6-3-7-11-16)17(25-20)14-23-12-15-8-4-2-5-9-15/h2-11,17-20H,12-14H2,1H3/t17-,18+,19+,20-/m0/s1. The molecule has 2 aromatic carbocycles. The molecule has 4 atom stereocenters. The molecule has 0 bridgehead atoms. The summed E-state index contributed by atoms with van der Waals surface area (Å²) in [6.07, 6.45) is -3.50. The van der Waals surface area contributed by atoms with Crippen LogP contribution in [0.1, 0.15) is 11.1 Å². The highest BCUT2D eigenvalue weighted by Crippen LogP contribution is 2.28. The fourth-order valence-corrected chi connectivity index (χ4v) is 2.84. The van der Waals surface area contributed by atoms with E-state index in [-0.39, 0.29) is 6.61 Å². The van der Waals surface area contributed by atoms with Gasteiger partial charge in [0.1, 0.15) is 12.2 Å². The first-order valence-corrected chi connectivity index (χ1v) is 8.37. The second kappa shape index (κ2) is 9.06. The van der Waals surface area contributed by atoms with Crippen molar-refractivity contribution < 1.29 is 23.3 Å². The third-order valence-electron chi connectivity index (χ3n) is 4.16. The molecule has 1 saturated heterocycles. The van der Waals surface area contributed by atoms with E-state index >= 15 is 0 Å². The zero-order valence-electron chi connectivity index (χ0n) is 14.2. The highest BCUT2D eigenvalue weighted by molar-refractivity contribution is 5.14. The minimum absolute atomic E-state index is 0.245. The third kappa shape index (κ3) is 4.86. The molecule has 0 spiro atoms. The predicted molar refractivity (Wildman–Crippen MR) is 91.7 cm³/mol. The Morgan fingerprint density at radius 2 is 1.52 bits per heavy atom. The minimum atomic E-state index is -1.35. The van der Waals surface area contributed by atoms with Crippen LogP contribution in [0.15, 0.2) is 60.7 Å². The SMILES string of the molecule is CO[C@H]1O[C@@H](COCc2ccccc2)[C@@H](OCc2ccccc2)[C@H]1F. The topological polar surface area (TPSA) is 36.9 Å². The van der Waals surface area contributed by atoms with Gasteiger partial charge in [0.15, 0.2) is 12.5 Å². The maximum atomic E-state index is 14.5. The van der Waals surface area contributed by atoms with E-state index in [0.29, 0.717) is 13.2 Å². The number of methoxy groups -OCH3 is 1. The van der Waals surface area contributed by atoms with Crippen LogP contribution >= 0.6 is 0 Å². The Kier molecular flexibility index (Phi) is 6.53. The van der Waals surface area contributed by atoms with E-state index in [1.807, 2.05) is 60.7 Å². The average molecular weight is 346 g/mol. The number of halogens is 1. The lowest BCUT2D eigenvalue weighted by molar-refractivity contribution is -0.147. The lowest BCUT2D eigenvalue weighted by atomic mass is 10.1. The number of rotatable bonds is 8. The molecule has 5 heteroatoms. The Labute approximate surface area is 147 Å². The largest absolute Gasteiger partial charge is 0.374 e. The molecule has 1 aliphatic rings. The van der Waals surface area contributed by atoms with Crippen LogP contribution in [-0.2, 0) is 32.2 Å².